The summed E-state index contributed by atoms with van der Waals surface area (Å²) in [6.07, 6.45) is 1.09. The molecule has 1 aromatic carbocycles. The molecule has 0 radical (unpaired) electrons. The van der Waals surface area contributed by atoms with Crippen LogP contribution >= 0.6 is 0 Å². The number of aromatic nitrogens is 2. The van der Waals surface area contributed by atoms with E-state index in [0.717, 1.165) is 17.8 Å². The molecule has 3 nitrogen and oxygen atoms in total. The van der Waals surface area contributed by atoms with E-state index in [1.54, 1.807) is 0 Å². The molecule has 0 saturated heterocycles. The van der Waals surface area contributed by atoms with Gasteiger partial charge in [-0.3, -0.25) is 0 Å². The lowest BCUT2D eigenvalue weighted by atomic mass is 9.96. The minimum Gasteiger partial charge on any atom is -0.330 e. The fourth-order valence-electron chi connectivity index (χ4n) is 2.93. The molecule has 2 rings (SSSR count). The highest BCUT2D eigenvalue weighted by Gasteiger charge is 2.21. The zero-order valence-electron chi connectivity index (χ0n) is 13.4. The molecule has 0 amide bonds. The second-order valence-electron chi connectivity index (χ2n) is 6.49. The molecule has 3 heteroatoms. The van der Waals surface area contributed by atoms with Gasteiger partial charge >= 0.3 is 0 Å². The first-order valence-corrected chi connectivity index (χ1v) is 7.62. The molecule has 0 saturated carbocycles. The maximum atomic E-state index is 6.02. The molecule has 110 valence electrons. The van der Waals surface area contributed by atoms with Crippen molar-refractivity contribution in [3.8, 4) is 0 Å². The summed E-state index contributed by atoms with van der Waals surface area (Å²) >= 11 is 0. The molecule has 0 spiro atoms. The van der Waals surface area contributed by atoms with E-state index in [1.807, 2.05) is 0 Å². The fraction of sp³-hybridized carbons (Fsp3) is 0.588. The van der Waals surface area contributed by atoms with E-state index in [2.05, 4.69) is 57.4 Å². The second kappa shape index (κ2) is 5.96. The first-order valence-electron chi connectivity index (χ1n) is 7.62. The first kappa shape index (κ1) is 15.0. The normalized spacial score (nSPS) is 13.6. The molecule has 1 heterocycles. The van der Waals surface area contributed by atoms with Crippen molar-refractivity contribution in [3.05, 3.63) is 29.6 Å². The second-order valence-corrected chi connectivity index (χ2v) is 6.49. The van der Waals surface area contributed by atoms with Gasteiger partial charge < -0.3 is 10.3 Å². The van der Waals surface area contributed by atoms with Crippen molar-refractivity contribution >= 4 is 11.0 Å². The van der Waals surface area contributed by atoms with Gasteiger partial charge in [-0.2, -0.15) is 0 Å². The molecule has 2 N–H and O–H groups in total. The third-order valence-corrected chi connectivity index (χ3v) is 3.79. The molecule has 20 heavy (non-hydrogen) atoms. The van der Waals surface area contributed by atoms with Crippen LogP contribution in [0.4, 0.5) is 0 Å². The Kier molecular flexibility index (Phi) is 4.48. The number of aryl methyl sites for hydroxylation is 1. The predicted molar refractivity (Wildman–Crippen MR) is 86.1 cm³/mol. The van der Waals surface area contributed by atoms with Crippen LogP contribution in [0.2, 0.25) is 0 Å². The van der Waals surface area contributed by atoms with Gasteiger partial charge in [-0.05, 0) is 50.8 Å². The van der Waals surface area contributed by atoms with E-state index in [1.165, 1.54) is 11.1 Å². The highest BCUT2D eigenvalue weighted by Crippen LogP contribution is 2.29. The van der Waals surface area contributed by atoms with E-state index in [-0.39, 0.29) is 0 Å². The van der Waals surface area contributed by atoms with Crippen molar-refractivity contribution in [3.63, 3.8) is 0 Å². The number of hydrogen-bond acceptors (Lipinski definition) is 2. The zero-order chi connectivity index (χ0) is 14.9. The average Bonchev–Trinajstić information content (AvgIpc) is 2.73. The fourth-order valence-corrected chi connectivity index (χ4v) is 2.93. The largest absolute Gasteiger partial charge is 0.330 e. The number of nitrogens with two attached hydrogens (primary N) is 1. The summed E-state index contributed by atoms with van der Waals surface area (Å²) in [6, 6.07) is 6.91. The minimum absolute atomic E-state index is 0.338. The van der Waals surface area contributed by atoms with Crippen LogP contribution in [0.15, 0.2) is 18.2 Å². The highest BCUT2D eigenvalue weighted by atomic mass is 15.1. The van der Waals surface area contributed by atoms with Crippen LogP contribution in [0, 0.1) is 12.8 Å². The van der Waals surface area contributed by atoms with Crippen molar-refractivity contribution in [2.45, 2.75) is 53.0 Å². The molecule has 0 aliphatic rings. The van der Waals surface area contributed by atoms with Gasteiger partial charge in [0.15, 0.2) is 0 Å². The zero-order valence-corrected chi connectivity index (χ0v) is 13.4. The molecule has 1 unspecified atom stereocenters. The lowest BCUT2D eigenvalue weighted by molar-refractivity contribution is 0.459. The summed E-state index contributed by atoms with van der Waals surface area (Å²) < 4.78 is 2.36. The molecule has 1 atom stereocenters. The van der Waals surface area contributed by atoms with Crippen LogP contribution in [0.3, 0.4) is 0 Å². The van der Waals surface area contributed by atoms with Crippen molar-refractivity contribution in [2.75, 3.05) is 6.54 Å². The maximum Gasteiger partial charge on any atom is 0.114 e. The molecular formula is C17H27N3. The van der Waals surface area contributed by atoms with Gasteiger partial charge in [0.25, 0.3) is 0 Å². The van der Waals surface area contributed by atoms with Gasteiger partial charge in [0.05, 0.1) is 11.0 Å². The molecule has 1 aromatic heterocycles. The summed E-state index contributed by atoms with van der Waals surface area (Å²) in [5, 5.41) is 0. The molecule has 0 fully saturated rings. The van der Waals surface area contributed by atoms with Crippen molar-refractivity contribution in [1.29, 1.82) is 0 Å². The van der Waals surface area contributed by atoms with E-state index in [0.29, 0.717) is 24.4 Å². The number of benzene rings is 1. The summed E-state index contributed by atoms with van der Waals surface area (Å²) in [6.45, 7) is 11.7. The molecule has 0 bridgehead atoms. The van der Waals surface area contributed by atoms with Crippen LogP contribution in [-0.4, -0.2) is 16.1 Å². The molecular weight excluding hydrogens is 246 g/mol. The van der Waals surface area contributed by atoms with Gasteiger partial charge in [-0.25, -0.2) is 4.98 Å². The van der Waals surface area contributed by atoms with Crippen LogP contribution in [0.25, 0.3) is 11.0 Å². The topological polar surface area (TPSA) is 43.8 Å². The highest BCUT2D eigenvalue weighted by molar-refractivity contribution is 5.77. The quantitative estimate of drug-likeness (QED) is 0.894. The summed E-state index contributed by atoms with van der Waals surface area (Å²) in [5.41, 5.74) is 9.59. The van der Waals surface area contributed by atoms with Crippen LogP contribution in [0.5, 0.6) is 0 Å². The Bertz CT molecular complexity index is 581. The standard InChI is InChI=1S/C17H27N3/c1-11(2)8-14(10-18)17-19-15-9-13(5)6-7-16(15)20(17)12(3)4/h6-7,9,11-12,14H,8,10,18H2,1-5H3. The van der Waals surface area contributed by atoms with Gasteiger partial charge in [0.1, 0.15) is 5.82 Å². The van der Waals surface area contributed by atoms with Crippen molar-refractivity contribution in [2.24, 2.45) is 11.7 Å². The number of hydrogen-bond donors (Lipinski definition) is 1. The van der Waals surface area contributed by atoms with Crippen LogP contribution < -0.4 is 5.73 Å². The summed E-state index contributed by atoms with van der Waals surface area (Å²) in [4.78, 5) is 4.90. The average molecular weight is 273 g/mol. The molecule has 0 aliphatic heterocycles. The lowest BCUT2D eigenvalue weighted by Gasteiger charge is -2.21. The summed E-state index contributed by atoms with van der Waals surface area (Å²) in [5.74, 6) is 2.12. The van der Waals surface area contributed by atoms with Crippen LogP contribution in [0.1, 0.15) is 57.5 Å². The van der Waals surface area contributed by atoms with E-state index in [4.69, 9.17) is 10.7 Å². The summed E-state index contributed by atoms with van der Waals surface area (Å²) in [7, 11) is 0. The lowest BCUT2D eigenvalue weighted by Crippen LogP contribution is -2.20. The Labute approximate surface area is 122 Å². The minimum atomic E-state index is 0.338. The Morgan fingerprint density at radius 3 is 2.45 bits per heavy atom. The van der Waals surface area contributed by atoms with Crippen LogP contribution in [-0.2, 0) is 0 Å². The van der Waals surface area contributed by atoms with Gasteiger partial charge in [-0.1, -0.05) is 19.9 Å². The van der Waals surface area contributed by atoms with Gasteiger partial charge in [-0.15, -0.1) is 0 Å². The van der Waals surface area contributed by atoms with E-state index in [9.17, 15) is 0 Å². The monoisotopic (exact) mass is 273 g/mol. The Balaban J connectivity index is 2.58. The smallest absolute Gasteiger partial charge is 0.114 e. The number of fused-ring (bicyclic) bond motifs is 1. The van der Waals surface area contributed by atoms with Gasteiger partial charge in [0, 0.05) is 18.5 Å². The number of imidazole rings is 1. The number of nitrogens with zero attached hydrogens (tertiary/aromatic N) is 2. The first-order chi connectivity index (χ1) is 9.43. The number of rotatable bonds is 5. The molecule has 0 aliphatic carbocycles. The third kappa shape index (κ3) is 2.88. The van der Waals surface area contributed by atoms with Crippen molar-refractivity contribution < 1.29 is 0 Å². The Morgan fingerprint density at radius 2 is 1.90 bits per heavy atom. The SMILES string of the molecule is Cc1ccc2c(c1)nc(C(CN)CC(C)C)n2C(C)C. The predicted octanol–water partition coefficient (Wildman–Crippen LogP) is 4.01. The van der Waals surface area contributed by atoms with E-state index >= 15 is 0 Å². The van der Waals surface area contributed by atoms with Crippen molar-refractivity contribution in [1.82, 2.24) is 9.55 Å². The Morgan fingerprint density at radius 1 is 1.20 bits per heavy atom. The van der Waals surface area contributed by atoms with Gasteiger partial charge in [0.2, 0.25) is 0 Å². The molecule has 2 aromatic rings. The Hall–Kier alpha value is -1.35. The maximum absolute atomic E-state index is 6.02. The third-order valence-electron chi connectivity index (χ3n) is 3.79. The van der Waals surface area contributed by atoms with E-state index < -0.39 is 0 Å².